The van der Waals surface area contributed by atoms with Crippen LogP contribution in [0.2, 0.25) is 0 Å². The van der Waals surface area contributed by atoms with Gasteiger partial charge in [-0.05, 0) is 50.3 Å². The number of anilines is 1. The highest BCUT2D eigenvalue weighted by Gasteiger charge is 2.07. The Morgan fingerprint density at radius 3 is 2.71 bits per heavy atom. The zero-order chi connectivity index (χ0) is 16.9. The van der Waals surface area contributed by atoms with Crippen molar-refractivity contribution >= 4 is 28.5 Å². The van der Waals surface area contributed by atoms with Gasteiger partial charge in [0.2, 0.25) is 0 Å². The Bertz CT molecular complexity index is 899. The van der Waals surface area contributed by atoms with Crippen molar-refractivity contribution in [3.63, 3.8) is 0 Å². The van der Waals surface area contributed by atoms with Crippen molar-refractivity contribution in [1.82, 2.24) is 9.88 Å². The van der Waals surface area contributed by atoms with Crippen LogP contribution in [0.1, 0.15) is 11.3 Å². The molecule has 0 saturated carbocycles. The number of nitrogens with one attached hydrogen (secondary N) is 1. The molecule has 1 aromatic heterocycles. The summed E-state index contributed by atoms with van der Waals surface area (Å²) >= 11 is 1.44. The Morgan fingerprint density at radius 2 is 1.92 bits per heavy atom. The monoisotopic (exact) mass is 334 g/mol. The van der Waals surface area contributed by atoms with Crippen LogP contribution in [0.4, 0.5) is 5.69 Å². The molecule has 0 bridgehead atoms. The molecule has 3 aromatic rings. The first-order chi connectivity index (χ1) is 11.7. The first kappa shape index (κ1) is 16.3. The molecule has 0 saturated heterocycles. The third kappa shape index (κ3) is 3.67. The lowest BCUT2D eigenvalue weighted by atomic mass is 10.2. The van der Waals surface area contributed by atoms with Gasteiger partial charge in [-0.15, -0.1) is 0 Å². The molecule has 0 atom stereocenters. The van der Waals surface area contributed by atoms with Gasteiger partial charge in [0.1, 0.15) is 6.07 Å². The van der Waals surface area contributed by atoms with E-state index in [-0.39, 0.29) is 0 Å². The normalized spacial score (nSPS) is 10.8. The number of para-hydroxylation sites is 1. The predicted molar refractivity (Wildman–Crippen MR) is 99.8 cm³/mol. The first-order valence-corrected chi connectivity index (χ1v) is 8.44. The second-order valence-electron chi connectivity index (χ2n) is 5.73. The Morgan fingerprint density at radius 1 is 1.08 bits per heavy atom. The van der Waals surface area contributed by atoms with Crippen molar-refractivity contribution in [2.24, 2.45) is 0 Å². The molecule has 0 unspecified atom stereocenters. The van der Waals surface area contributed by atoms with Gasteiger partial charge in [0.05, 0.1) is 22.5 Å². The second kappa shape index (κ2) is 7.35. The maximum absolute atomic E-state index is 9.20. The summed E-state index contributed by atoms with van der Waals surface area (Å²) in [6, 6.07) is 20.0. The molecular formula is C19H18N4S. The van der Waals surface area contributed by atoms with Crippen molar-refractivity contribution in [1.29, 1.82) is 5.26 Å². The molecule has 24 heavy (non-hydrogen) atoms. The van der Waals surface area contributed by atoms with Gasteiger partial charge in [-0.2, -0.15) is 5.26 Å². The van der Waals surface area contributed by atoms with Crippen molar-refractivity contribution in [3.05, 3.63) is 65.9 Å². The quantitative estimate of drug-likeness (QED) is 0.706. The molecule has 1 heterocycles. The van der Waals surface area contributed by atoms with E-state index in [0.717, 1.165) is 33.7 Å². The number of nitrogens with zero attached hydrogens (tertiary/aromatic N) is 3. The van der Waals surface area contributed by atoms with Gasteiger partial charge in [-0.3, -0.25) is 0 Å². The van der Waals surface area contributed by atoms with Gasteiger partial charge in [-0.1, -0.05) is 30.3 Å². The van der Waals surface area contributed by atoms with E-state index >= 15 is 0 Å². The highest BCUT2D eigenvalue weighted by Crippen LogP contribution is 2.28. The number of pyridine rings is 1. The molecule has 4 nitrogen and oxygen atoms in total. The Labute approximate surface area is 146 Å². The van der Waals surface area contributed by atoms with Crippen molar-refractivity contribution < 1.29 is 0 Å². The molecule has 5 heteroatoms. The summed E-state index contributed by atoms with van der Waals surface area (Å²) in [5, 5.41) is 10.3. The van der Waals surface area contributed by atoms with Crippen molar-refractivity contribution in [2.75, 3.05) is 18.8 Å². The molecule has 2 aromatic carbocycles. The summed E-state index contributed by atoms with van der Waals surface area (Å²) in [7, 11) is 4.06. The third-order valence-electron chi connectivity index (χ3n) is 3.53. The molecule has 120 valence electrons. The summed E-state index contributed by atoms with van der Waals surface area (Å²) in [5.41, 5.74) is 3.59. The van der Waals surface area contributed by atoms with E-state index in [0.29, 0.717) is 5.56 Å². The number of rotatable bonds is 5. The van der Waals surface area contributed by atoms with E-state index in [4.69, 9.17) is 4.98 Å². The lowest BCUT2D eigenvalue weighted by molar-refractivity contribution is 0.397. The van der Waals surface area contributed by atoms with Crippen LogP contribution in [0.5, 0.6) is 0 Å². The van der Waals surface area contributed by atoms with E-state index in [1.54, 1.807) is 0 Å². The minimum atomic E-state index is 0.663. The molecule has 3 rings (SSSR count). The summed E-state index contributed by atoms with van der Waals surface area (Å²) in [6.07, 6.45) is 0. The van der Waals surface area contributed by atoms with Crippen LogP contribution in [-0.2, 0) is 6.54 Å². The molecule has 0 spiro atoms. The highest BCUT2D eigenvalue weighted by molar-refractivity contribution is 8.00. The number of hydrogen-bond acceptors (Lipinski definition) is 5. The van der Waals surface area contributed by atoms with Crippen LogP contribution in [0, 0.1) is 11.3 Å². The Hall–Kier alpha value is -2.55. The van der Waals surface area contributed by atoms with Crippen LogP contribution >= 0.6 is 11.9 Å². The van der Waals surface area contributed by atoms with Crippen LogP contribution in [0.25, 0.3) is 10.9 Å². The summed E-state index contributed by atoms with van der Waals surface area (Å²) in [5.74, 6) is 0. The molecule has 0 aliphatic heterocycles. The van der Waals surface area contributed by atoms with Crippen LogP contribution in [0.3, 0.4) is 0 Å². The molecule has 0 amide bonds. The van der Waals surface area contributed by atoms with Crippen molar-refractivity contribution in [2.45, 2.75) is 11.4 Å². The fraction of sp³-hybridized carbons (Fsp3) is 0.158. The molecule has 0 radical (unpaired) electrons. The van der Waals surface area contributed by atoms with Gasteiger partial charge >= 0.3 is 0 Å². The van der Waals surface area contributed by atoms with Gasteiger partial charge < -0.3 is 9.62 Å². The van der Waals surface area contributed by atoms with Crippen LogP contribution < -0.4 is 4.72 Å². The number of benzene rings is 2. The lowest BCUT2D eigenvalue weighted by Gasteiger charge is -2.12. The molecular weight excluding hydrogens is 316 g/mol. The summed E-state index contributed by atoms with van der Waals surface area (Å²) in [4.78, 5) is 7.79. The van der Waals surface area contributed by atoms with Crippen LogP contribution in [0.15, 0.2) is 59.5 Å². The molecule has 0 aliphatic rings. The van der Waals surface area contributed by atoms with E-state index in [1.807, 2.05) is 50.5 Å². The van der Waals surface area contributed by atoms with Crippen LogP contribution in [-0.4, -0.2) is 24.0 Å². The molecule has 1 N–H and O–H groups in total. The zero-order valence-electron chi connectivity index (χ0n) is 13.7. The zero-order valence-corrected chi connectivity index (χ0v) is 14.5. The van der Waals surface area contributed by atoms with Gasteiger partial charge in [-0.25, -0.2) is 4.98 Å². The molecule has 0 aliphatic carbocycles. The van der Waals surface area contributed by atoms with E-state index < -0.39 is 0 Å². The fourth-order valence-electron chi connectivity index (χ4n) is 2.44. The van der Waals surface area contributed by atoms with E-state index in [2.05, 4.69) is 33.9 Å². The number of aromatic nitrogens is 1. The minimum absolute atomic E-state index is 0.663. The lowest BCUT2D eigenvalue weighted by Crippen LogP contribution is -2.11. The highest BCUT2D eigenvalue weighted by atomic mass is 32.2. The van der Waals surface area contributed by atoms with Gasteiger partial charge in [0.25, 0.3) is 0 Å². The SMILES string of the molecule is CN(C)Cc1ccc2cccc(NSc3ccccc3C#N)c2n1. The average Bonchev–Trinajstić information content (AvgIpc) is 2.59. The minimum Gasteiger partial charge on any atom is -0.324 e. The number of fused-ring (bicyclic) bond motifs is 1. The fourth-order valence-corrected chi connectivity index (χ4v) is 3.19. The van der Waals surface area contributed by atoms with E-state index in [9.17, 15) is 5.26 Å². The Kier molecular flexibility index (Phi) is 4.99. The van der Waals surface area contributed by atoms with Gasteiger partial charge in [0.15, 0.2) is 0 Å². The first-order valence-electron chi connectivity index (χ1n) is 7.63. The summed E-state index contributed by atoms with van der Waals surface area (Å²) < 4.78 is 3.35. The number of hydrogen-bond donors (Lipinski definition) is 1. The standard InChI is InChI=1S/C19H18N4S/c1-23(2)13-16-11-10-14-7-5-8-17(19(14)21-16)22-24-18-9-4-3-6-15(18)12-20/h3-11,22H,13H2,1-2H3. The Balaban J connectivity index is 1.90. The van der Waals surface area contributed by atoms with E-state index in [1.165, 1.54) is 11.9 Å². The maximum atomic E-state index is 9.20. The van der Waals surface area contributed by atoms with Gasteiger partial charge in [0, 0.05) is 16.8 Å². The largest absolute Gasteiger partial charge is 0.324 e. The average molecular weight is 334 g/mol. The third-order valence-corrected chi connectivity index (χ3v) is 4.43. The summed E-state index contributed by atoms with van der Waals surface area (Å²) in [6.45, 7) is 0.800. The second-order valence-corrected chi connectivity index (χ2v) is 6.58. The maximum Gasteiger partial charge on any atom is 0.100 e. The smallest absolute Gasteiger partial charge is 0.100 e. The number of nitriles is 1. The van der Waals surface area contributed by atoms with Crippen molar-refractivity contribution in [3.8, 4) is 6.07 Å². The topological polar surface area (TPSA) is 52.0 Å². The predicted octanol–water partition coefficient (Wildman–Crippen LogP) is 4.29. The molecule has 0 fully saturated rings.